The van der Waals surface area contributed by atoms with Gasteiger partial charge in [-0.05, 0) is 123 Å². The Balaban J connectivity index is 0.999. The Bertz CT molecular complexity index is 2450. The highest BCUT2D eigenvalue weighted by molar-refractivity contribution is 5.96. The summed E-state index contributed by atoms with van der Waals surface area (Å²) < 4.78 is 6.14. The largest absolute Gasteiger partial charge is 0.457 e. The van der Waals surface area contributed by atoms with Gasteiger partial charge < -0.3 is 46.4 Å². The molecule has 7 rings (SSSR count). The van der Waals surface area contributed by atoms with E-state index in [1.165, 1.54) is 16.0 Å². The molecule has 2 heterocycles. The van der Waals surface area contributed by atoms with Gasteiger partial charge >= 0.3 is 0 Å². The third-order valence-corrected chi connectivity index (χ3v) is 13.1. The summed E-state index contributed by atoms with van der Waals surface area (Å²) in [6.45, 7) is 8.31. The molecule has 1 aliphatic carbocycles. The summed E-state index contributed by atoms with van der Waals surface area (Å²) in [4.78, 5) is 85.4. The van der Waals surface area contributed by atoms with Crippen LogP contribution in [0.3, 0.4) is 0 Å². The molecule has 4 aromatic carbocycles. The smallest absolute Gasteiger partial charge is 0.251 e. The fourth-order valence-corrected chi connectivity index (χ4v) is 9.58. The number of rotatable bonds is 16. The number of nitrogens with zero attached hydrogens (tertiary/aromatic N) is 2. The third kappa shape index (κ3) is 12.1. The lowest BCUT2D eigenvalue weighted by molar-refractivity contribution is -0.144. The first-order chi connectivity index (χ1) is 32.6. The number of nitrogens with one attached hydrogen (secondary N) is 6. The van der Waals surface area contributed by atoms with Crippen molar-refractivity contribution in [1.82, 2.24) is 41.7 Å². The van der Waals surface area contributed by atoms with Crippen molar-refractivity contribution < 1.29 is 33.5 Å². The molecule has 0 saturated carbocycles. The fourth-order valence-electron chi connectivity index (χ4n) is 9.58. The van der Waals surface area contributed by atoms with Gasteiger partial charge in [-0.2, -0.15) is 0 Å². The van der Waals surface area contributed by atoms with E-state index in [9.17, 15) is 28.8 Å². The summed E-state index contributed by atoms with van der Waals surface area (Å²) in [5, 5.41) is 17.8. The fraction of sp³-hybridized carbons (Fsp3) is 0.434. The lowest BCUT2D eigenvalue weighted by Crippen LogP contribution is -2.58. The second-order valence-electron chi connectivity index (χ2n) is 19.4. The highest BCUT2D eigenvalue weighted by Gasteiger charge is 2.46. The molecule has 6 atom stereocenters. The minimum Gasteiger partial charge on any atom is -0.457 e. The number of aryl methyl sites for hydroxylation is 1. The quantitative estimate of drug-likeness (QED) is 0.0950. The Morgan fingerprint density at radius 1 is 0.721 bits per heavy atom. The number of amides is 6. The molecule has 3 aliphatic rings. The summed E-state index contributed by atoms with van der Waals surface area (Å²) in [5.41, 5.74) is 5.14. The number of benzene rings is 4. The summed E-state index contributed by atoms with van der Waals surface area (Å²) >= 11 is 0. The number of fused-ring (bicyclic) bond motifs is 2. The number of ether oxygens (including phenoxy) is 1. The van der Waals surface area contributed by atoms with E-state index in [1.54, 1.807) is 50.5 Å². The average Bonchev–Trinajstić information content (AvgIpc) is 3.74. The van der Waals surface area contributed by atoms with Crippen molar-refractivity contribution in [3.8, 4) is 11.5 Å². The van der Waals surface area contributed by atoms with E-state index in [4.69, 9.17) is 4.74 Å². The van der Waals surface area contributed by atoms with Gasteiger partial charge in [0, 0.05) is 37.2 Å². The number of carbonyl (C=O) groups excluding carboxylic acids is 6. The molecule has 2 aliphatic heterocycles. The van der Waals surface area contributed by atoms with Crippen LogP contribution in [0.4, 0.5) is 0 Å². The van der Waals surface area contributed by atoms with Crippen LogP contribution in [0.15, 0.2) is 97.1 Å². The van der Waals surface area contributed by atoms with Crippen molar-refractivity contribution >= 4 is 35.4 Å². The van der Waals surface area contributed by atoms with E-state index >= 15 is 0 Å². The van der Waals surface area contributed by atoms with Crippen LogP contribution < -0.4 is 36.6 Å². The van der Waals surface area contributed by atoms with Crippen LogP contribution in [-0.4, -0.2) is 109 Å². The van der Waals surface area contributed by atoms with Crippen molar-refractivity contribution in [2.75, 3.05) is 33.7 Å². The average molecular weight is 927 g/mol. The lowest BCUT2D eigenvalue weighted by Gasteiger charge is -2.37. The molecule has 0 spiro atoms. The number of hydrogen-bond donors (Lipinski definition) is 6. The minimum absolute atomic E-state index is 0.0226. The number of likely N-dealkylation sites (tertiary alicyclic amines) is 1. The summed E-state index contributed by atoms with van der Waals surface area (Å²) in [6, 6.07) is 26.9. The zero-order valence-corrected chi connectivity index (χ0v) is 40.0. The summed E-state index contributed by atoms with van der Waals surface area (Å²) in [7, 11) is 3.34. The highest BCUT2D eigenvalue weighted by Crippen LogP contribution is 2.32. The van der Waals surface area contributed by atoms with Crippen LogP contribution in [0.1, 0.15) is 91.2 Å². The van der Waals surface area contributed by atoms with Crippen molar-refractivity contribution in [3.05, 3.63) is 130 Å². The van der Waals surface area contributed by atoms with Crippen LogP contribution in [0.25, 0.3) is 0 Å². The monoisotopic (exact) mass is 927 g/mol. The van der Waals surface area contributed by atoms with E-state index in [2.05, 4.69) is 44.0 Å². The maximum absolute atomic E-state index is 14.4. The molecule has 0 aromatic heterocycles. The zero-order valence-electron chi connectivity index (χ0n) is 40.0. The molecule has 1 fully saturated rings. The van der Waals surface area contributed by atoms with Crippen LogP contribution >= 0.6 is 0 Å². The van der Waals surface area contributed by atoms with Gasteiger partial charge in [0.2, 0.25) is 29.5 Å². The molecular formula is C53H66N8O7. The second-order valence-corrected chi connectivity index (χ2v) is 19.4. The van der Waals surface area contributed by atoms with Crippen LogP contribution in [0, 0.1) is 5.41 Å². The maximum atomic E-state index is 14.4. The molecule has 6 amide bonds. The van der Waals surface area contributed by atoms with Crippen LogP contribution in [0.2, 0.25) is 0 Å². The van der Waals surface area contributed by atoms with Gasteiger partial charge in [0.05, 0.1) is 19.1 Å². The third-order valence-electron chi connectivity index (χ3n) is 13.1. The molecule has 4 aromatic rings. The Morgan fingerprint density at radius 2 is 1.34 bits per heavy atom. The van der Waals surface area contributed by atoms with Crippen molar-refractivity contribution in [2.45, 2.75) is 109 Å². The Kier molecular flexibility index (Phi) is 16.0. The van der Waals surface area contributed by atoms with E-state index in [-0.39, 0.29) is 73.6 Å². The molecule has 68 heavy (non-hydrogen) atoms. The van der Waals surface area contributed by atoms with E-state index in [0.717, 1.165) is 42.4 Å². The SMILES string of the molecule is CNCC(=O)NC(Cc1ccc(Oc2ccc(C(=O)NC3CC(C(=O)NC4CCCc5ccccc54)N(C(=O)C(NC(=O)CNC)C(C)(C)C)C3)cc2)cc1)C(=O)N1Cc2ccccc2CC1C. The van der Waals surface area contributed by atoms with Gasteiger partial charge in [0.25, 0.3) is 5.91 Å². The number of hydrogen-bond acceptors (Lipinski definition) is 9. The Labute approximate surface area is 399 Å². The molecule has 15 nitrogen and oxygen atoms in total. The number of carbonyl (C=O) groups is 6. The number of likely N-dealkylation sites (N-methyl/N-ethyl adjacent to an activating group) is 2. The standard InChI is InChI=1S/C53H66N8O7/c1-33-26-37-13-7-8-14-38(37)31-60(33)51(66)44(57-46(62)29-54-5)27-34-18-22-40(23-19-34)68-41-24-20-36(21-25-41)49(64)56-39-28-45(50(65)58-43-17-11-15-35-12-9-10-16-42(35)43)61(32-39)52(67)48(53(2,3)4)59-47(63)30-55-6/h7-10,12-14,16,18-25,33,39,43-45,48,54-55H,11,15,17,26-32H2,1-6H3,(H,56,64)(H,57,62)(H,58,65)(H,59,63). The van der Waals surface area contributed by atoms with Gasteiger partial charge in [-0.15, -0.1) is 0 Å². The van der Waals surface area contributed by atoms with Crippen molar-refractivity contribution in [1.29, 1.82) is 0 Å². The van der Waals surface area contributed by atoms with Crippen LogP contribution in [-0.2, 0) is 49.8 Å². The highest BCUT2D eigenvalue weighted by atomic mass is 16.5. The first kappa shape index (κ1) is 49.3. The van der Waals surface area contributed by atoms with Gasteiger partial charge in [-0.25, -0.2) is 0 Å². The lowest BCUT2D eigenvalue weighted by atomic mass is 9.85. The first-order valence-electron chi connectivity index (χ1n) is 23.7. The van der Waals surface area contributed by atoms with E-state index in [0.29, 0.717) is 30.0 Å². The molecular weight excluding hydrogens is 861 g/mol. The Morgan fingerprint density at radius 3 is 2.00 bits per heavy atom. The molecule has 15 heteroatoms. The molecule has 360 valence electrons. The van der Waals surface area contributed by atoms with Crippen LogP contribution in [0.5, 0.6) is 11.5 Å². The summed E-state index contributed by atoms with van der Waals surface area (Å²) in [6.07, 6.45) is 3.86. The summed E-state index contributed by atoms with van der Waals surface area (Å²) in [5.74, 6) is -0.763. The topological polar surface area (TPSA) is 190 Å². The first-order valence-corrected chi connectivity index (χ1v) is 23.7. The molecule has 6 N–H and O–H groups in total. The maximum Gasteiger partial charge on any atom is 0.251 e. The van der Waals surface area contributed by atoms with Crippen molar-refractivity contribution in [2.24, 2.45) is 5.41 Å². The molecule has 0 radical (unpaired) electrons. The zero-order chi connectivity index (χ0) is 48.5. The second kappa shape index (κ2) is 22.0. The normalized spacial score (nSPS) is 19.7. The predicted molar refractivity (Wildman–Crippen MR) is 260 cm³/mol. The van der Waals surface area contributed by atoms with Gasteiger partial charge in [0.1, 0.15) is 29.6 Å². The van der Waals surface area contributed by atoms with E-state index in [1.807, 2.05) is 81.1 Å². The minimum atomic E-state index is -0.919. The van der Waals surface area contributed by atoms with Crippen molar-refractivity contribution in [3.63, 3.8) is 0 Å². The van der Waals surface area contributed by atoms with Gasteiger partial charge in [-0.3, -0.25) is 28.8 Å². The molecule has 6 unspecified atom stereocenters. The molecule has 1 saturated heterocycles. The molecule has 0 bridgehead atoms. The van der Waals surface area contributed by atoms with Gasteiger partial charge in [0.15, 0.2) is 0 Å². The van der Waals surface area contributed by atoms with Gasteiger partial charge in [-0.1, -0.05) is 81.4 Å². The van der Waals surface area contributed by atoms with E-state index < -0.39 is 29.6 Å². The Hall–Kier alpha value is -6.58. The predicted octanol–water partition coefficient (Wildman–Crippen LogP) is 4.34.